The van der Waals surface area contributed by atoms with Gasteiger partial charge in [-0.3, -0.25) is 4.79 Å². The molecule has 0 saturated heterocycles. The minimum Gasteiger partial charge on any atom is -0.325 e. The Kier molecular flexibility index (Phi) is 2.21. The fourth-order valence-electron chi connectivity index (χ4n) is 1.71. The molecule has 2 N–H and O–H groups in total. The van der Waals surface area contributed by atoms with Gasteiger partial charge in [0.25, 0.3) is 0 Å². The molecule has 3 nitrogen and oxygen atoms in total. The summed E-state index contributed by atoms with van der Waals surface area (Å²) in [5, 5.41) is 5.60. The van der Waals surface area contributed by atoms with E-state index in [9.17, 15) is 9.18 Å². The molecule has 74 valence electrons. The summed E-state index contributed by atoms with van der Waals surface area (Å²) in [6.45, 7) is 0.574. The predicted octanol–water partition coefficient (Wildman–Crippen LogP) is 1.08. The molecule has 0 fully saturated rings. The Morgan fingerprint density at radius 3 is 3.07 bits per heavy atom. The summed E-state index contributed by atoms with van der Waals surface area (Å²) in [5.41, 5.74) is 1.46. The van der Waals surface area contributed by atoms with Crippen molar-refractivity contribution < 1.29 is 9.18 Å². The van der Waals surface area contributed by atoms with E-state index in [2.05, 4.69) is 10.6 Å². The molecule has 0 spiro atoms. The van der Waals surface area contributed by atoms with Gasteiger partial charge >= 0.3 is 0 Å². The van der Waals surface area contributed by atoms with Crippen LogP contribution in [0, 0.1) is 5.82 Å². The summed E-state index contributed by atoms with van der Waals surface area (Å²) in [5.74, 6) is -0.593. The zero-order valence-corrected chi connectivity index (χ0v) is 7.80. The highest BCUT2D eigenvalue weighted by molar-refractivity contribution is 6.03. The number of likely N-dealkylation sites (N-methyl/N-ethyl adjacent to an activating group) is 1. The molecule has 0 aromatic heterocycles. The third kappa shape index (κ3) is 1.37. The topological polar surface area (TPSA) is 41.1 Å². The number of carbonyl (C=O) groups is 1. The highest BCUT2D eigenvalue weighted by atomic mass is 19.1. The second kappa shape index (κ2) is 3.38. The average molecular weight is 194 g/mol. The molecule has 2 rings (SSSR count). The lowest BCUT2D eigenvalue weighted by Gasteiger charge is -2.06. The SMILES string of the molecule is CNCC1C(=O)Nc2cc(F)ccc21. The second-order valence-corrected chi connectivity index (χ2v) is 3.33. The van der Waals surface area contributed by atoms with E-state index < -0.39 is 0 Å². The zero-order valence-electron chi connectivity index (χ0n) is 7.80. The quantitative estimate of drug-likeness (QED) is 0.739. The lowest BCUT2D eigenvalue weighted by atomic mass is 10.0. The van der Waals surface area contributed by atoms with E-state index in [1.807, 2.05) is 0 Å². The van der Waals surface area contributed by atoms with Crippen molar-refractivity contribution in [3.63, 3.8) is 0 Å². The maximum atomic E-state index is 12.8. The van der Waals surface area contributed by atoms with E-state index in [0.29, 0.717) is 12.2 Å². The monoisotopic (exact) mass is 194 g/mol. The van der Waals surface area contributed by atoms with Crippen molar-refractivity contribution in [2.45, 2.75) is 5.92 Å². The van der Waals surface area contributed by atoms with Crippen LogP contribution in [0.2, 0.25) is 0 Å². The number of fused-ring (bicyclic) bond motifs is 1. The van der Waals surface area contributed by atoms with E-state index in [-0.39, 0.29) is 17.6 Å². The van der Waals surface area contributed by atoms with E-state index in [1.165, 1.54) is 12.1 Å². The van der Waals surface area contributed by atoms with Crippen LogP contribution in [0.5, 0.6) is 0 Å². The Morgan fingerprint density at radius 2 is 2.36 bits per heavy atom. The molecule has 1 heterocycles. The number of benzene rings is 1. The van der Waals surface area contributed by atoms with Crippen molar-refractivity contribution in [2.24, 2.45) is 0 Å². The van der Waals surface area contributed by atoms with Gasteiger partial charge in [0, 0.05) is 12.2 Å². The Morgan fingerprint density at radius 1 is 1.57 bits per heavy atom. The van der Waals surface area contributed by atoms with Crippen LogP contribution >= 0.6 is 0 Å². The molecule has 1 unspecified atom stereocenters. The van der Waals surface area contributed by atoms with Crippen molar-refractivity contribution in [1.29, 1.82) is 0 Å². The molecule has 0 aliphatic carbocycles. The third-order valence-corrected chi connectivity index (χ3v) is 2.37. The van der Waals surface area contributed by atoms with E-state index in [4.69, 9.17) is 0 Å². The molecular weight excluding hydrogens is 183 g/mol. The highest BCUT2D eigenvalue weighted by Crippen LogP contribution is 2.32. The summed E-state index contributed by atoms with van der Waals surface area (Å²) in [7, 11) is 1.79. The second-order valence-electron chi connectivity index (χ2n) is 3.33. The molecule has 14 heavy (non-hydrogen) atoms. The summed E-state index contributed by atoms with van der Waals surface area (Å²) < 4.78 is 12.8. The van der Waals surface area contributed by atoms with Gasteiger partial charge in [0.2, 0.25) is 5.91 Å². The van der Waals surface area contributed by atoms with Gasteiger partial charge in [0.15, 0.2) is 0 Å². The first-order valence-electron chi connectivity index (χ1n) is 4.47. The Labute approximate surface area is 81.3 Å². The van der Waals surface area contributed by atoms with Crippen molar-refractivity contribution in [1.82, 2.24) is 5.32 Å². The van der Waals surface area contributed by atoms with Crippen LogP contribution in [0.25, 0.3) is 0 Å². The van der Waals surface area contributed by atoms with E-state index >= 15 is 0 Å². The van der Waals surface area contributed by atoms with Gasteiger partial charge in [0.05, 0.1) is 5.92 Å². The fourth-order valence-corrected chi connectivity index (χ4v) is 1.71. The van der Waals surface area contributed by atoms with Crippen molar-refractivity contribution in [3.8, 4) is 0 Å². The molecule has 1 aliphatic rings. The summed E-state index contributed by atoms with van der Waals surface area (Å²) in [6, 6.07) is 4.38. The van der Waals surface area contributed by atoms with Gasteiger partial charge in [-0.2, -0.15) is 0 Å². The molecule has 0 saturated carbocycles. The smallest absolute Gasteiger partial charge is 0.233 e. The average Bonchev–Trinajstić information content (AvgIpc) is 2.43. The lowest BCUT2D eigenvalue weighted by Crippen LogP contribution is -2.23. The van der Waals surface area contributed by atoms with Crippen LogP contribution in [0.1, 0.15) is 11.5 Å². The number of halogens is 1. The predicted molar refractivity (Wildman–Crippen MR) is 51.7 cm³/mol. The van der Waals surface area contributed by atoms with Gasteiger partial charge < -0.3 is 10.6 Å². The molecule has 0 radical (unpaired) electrons. The fraction of sp³-hybridized carbons (Fsp3) is 0.300. The highest BCUT2D eigenvalue weighted by Gasteiger charge is 2.29. The minimum atomic E-state index is -0.325. The van der Waals surface area contributed by atoms with Crippen LogP contribution in [0.15, 0.2) is 18.2 Å². The molecule has 4 heteroatoms. The molecule has 1 aromatic rings. The maximum absolute atomic E-state index is 12.8. The summed E-state index contributed by atoms with van der Waals surface area (Å²) in [6.07, 6.45) is 0. The lowest BCUT2D eigenvalue weighted by molar-refractivity contribution is -0.116. The van der Waals surface area contributed by atoms with Crippen molar-refractivity contribution in [2.75, 3.05) is 18.9 Å². The number of hydrogen-bond donors (Lipinski definition) is 2. The van der Waals surface area contributed by atoms with Gasteiger partial charge in [-0.15, -0.1) is 0 Å². The molecule has 1 amide bonds. The first-order chi connectivity index (χ1) is 6.72. The number of nitrogens with one attached hydrogen (secondary N) is 2. The third-order valence-electron chi connectivity index (χ3n) is 2.37. The molecule has 1 atom stereocenters. The van der Waals surface area contributed by atoms with E-state index in [0.717, 1.165) is 5.56 Å². The number of rotatable bonds is 2. The molecular formula is C10H11FN2O. The molecule has 1 aliphatic heterocycles. The number of anilines is 1. The Bertz CT molecular complexity index is 378. The van der Waals surface area contributed by atoms with E-state index in [1.54, 1.807) is 13.1 Å². The first kappa shape index (κ1) is 9.15. The molecule has 1 aromatic carbocycles. The standard InChI is InChI=1S/C10H11FN2O/c1-12-5-8-7-3-2-6(11)4-9(7)13-10(8)14/h2-4,8,12H,5H2,1H3,(H,13,14). The Hall–Kier alpha value is -1.42. The Balaban J connectivity index is 2.37. The van der Waals surface area contributed by atoms with Crippen LogP contribution < -0.4 is 10.6 Å². The number of carbonyl (C=O) groups excluding carboxylic acids is 1. The largest absolute Gasteiger partial charge is 0.325 e. The van der Waals surface area contributed by atoms with Crippen molar-refractivity contribution in [3.05, 3.63) is 29.6 Å². The van der Waals surface area contributed by atoms with Crippen molar-refractivity contribution >= 4 is 11.6 Å². The van der Waals surface area contributed by atoms with Crippen LogP contribution in [-0.4, -0.2) is 19.5 Å². The van der Waals surface area contributed by atoms with Crippen LogP contribution in [0.3, 0.4) is 0 Å². The number of hydrogen-bond acceptors (Lipinski definition) is 2. The maximum Gasteiger partial charge on any atom is 0.233 e. The molecule has 0 bridgehead atoms. The zero-order chi connectivity index (χ0) is 10.1. The summed E-state index contributed by atoms with van der Waals surface area (Å²) in [4.78, 5) is 11.5. The van der Waals surface area contributed by atoms with Gasteiger partial charge in [0.1, 0.15) is 5.82 Å². The normalized spacial score (nSPS) is 19.3. The number of amides is 1. The van der Waals surface area contributed by atoms with Gasteiger partial charge in [-0.1, -0.05) is 6.07 Å². The minimum absolute atomic E-state index is 0.0695. The van der Waals surface area contributed by atoms with Gasteiger partial charge in [-0.05, 0) is 24.7 Å². The van der Waals surface area contributed by atoms with Crippen LogP contribution in [0.4, 0.5) is 10.1 Å². The van der Waals surface area contributed by atoms with Gasteiger partial charge in [-0.25, -0.2) is 4.39 Å². The van der Waals surface area contributed by atoms with Crippen LogP contribution in [-0.2, 0) is 4.79 Å². The first-order valence-corrected chi connectivity index (χ1v) is 4.47. The summed E-state index contributed by atoms with van der Waals surface area (Å²) >= 11 is 0.